The van der Waals surface area contributed by atoms with Crippen molar-refractivity contribution >= 4 is 34.2 Å². The number of hydrogen-bond acceptors (Lipinski definition) is 3. The predicted molar refractivity (Wildman–Crippen MR) is 49.8 cm³/mol. The Balaban J connectivity index is 2.83. The molecule has 0 saturated carbocycles. The second-order valence-electron chi connectivity index (χ2n) is 2.46. The van der Waals surface area contributed by atoms with Crippen LogP contribution in [0.4, 0.5) is 17.6 Å². The summed E-state index contributed by atoms with van der Waals surface area (Å²) in [7, 11) is 0. The molecule has 0 radical (unpaired) electrons. The molecule has 1 rings (SSSR count). The Kier molecular flexibility index (Phi) is 3.61. The molecule has 1 aliphatic heterocycles. The van der Waals surface area contributed by atoms with Crippen LogP contribution in [0.15, 0.2) is 12.5 Å². The second-order valence-corrected chi connectivity index (χ2v) is 3.66. The lowest BCUT2D eigenvalue weighted by atomic mass is 10.3. The standard InChI is InChI=1S/C6H4ClF4IO3/c7-6(10,11)15-5(8,9)4(3-12)13-1-2-14-4/h1-2H,3H2. The van der Waals surface area contributed by atoms with Gasteiger partial charge in [-0.1, -0.05) is 22.6 Å². The molecule has 0 saturated heterocycles. The van der Waals surface area contributed by atoms with E-state index in [1.807, 2.05) is 0 Å². The summed E-state index contributed by atoms with van der Waals surface area (Å²) in [5.74, 6) is -2.61. The highest BCUT2D eigenvalue weighted by Crippen LogP contribution is 2.43. The van der Waals surface area contributed by atoms with E-state index in [4.69, 9.17) is 0 Å². The smallest absolute Gasteiger partial charge is 0.445 e. The summed E-state index contributed by atoms with van der Waals surface area (Å²) in [6.45, 7) is 0. The predicted octanol–water partition coefficient (Wildman–Crippen LogP) is 3.03. The summed E-state index contributed by atoms with van der Waals surface area (Å²) in [5, 5.41) is 0. The van der Waals surface area contributed by atoms with E-state index < -0.39 is 21.9 Å². The van der Waals surface area contributed by atoms with Crippen LogP contribution in [0.1, 0.15) is 0 Å². The van der Waals surface area contributed by atoms with Crippen molar-refractivity contribution in [2.24, 2.45) is 0 Å². The van der Waals surface area contributed by atoms with Gasteiger partial charge in [-0.15, -0.1) is 0 Å². The lowest BCUT2D eigenvalue weighted by Crippen LogP contribution is -2.54. The first-order valence-electron chi connectivity index (χ1n) is 3.44. The summed E-state index contributed by atoms with van der Waals surface area (Å²) in [6.07, 6.45) is -2.77. The van der Waals surface area contributed by atoms with Crippen molar-refractivity contribution in [1.29, 1.82) is 0 Å². The van der Waals surface area contributed by atoms with Crippen LogP contribution in [0.3, 0.4) is 0 Å². The number of alkyl halides is 6. The molecular formula is C6H4ClF4IO3. The molecule has 1 heterocycles. The van der Waals surface area contributed by atoms with Crippen LogP contribution in [0.5, 0.6) is 0 Å². The Morgan fingerprint density at radius 3 is 2.07 bits per heavy atom. The Morgan fingerprint density at radius 1 is 1.27 bits per heavy atom. The average molecular weight is 362 g/mol. The molecule has 0 unspecified atom stereocenters. The Morgan fingerprint density at radius 2 is 1.73 bits per heavy atom. The summed E-state index contributed by atoms with van der Waals surface area (Å²) >= 11 is 5.73. The first-order chi connectivity index (χ1) is 6.72. The van der Waals surface area contributed by atoms with Crippen molar-refractivity contribution in [1.82, 2.24) is 0 Å². The van der Waals surface area contributed by atoms with Gasteiger partial charge in [0.1, 0.15) is 12.5 Å². The van der Waals surface area contributed by atoms with E-state index in [0.717, 1.165) is 12.5 Å². The Hall–Kier alpha value is 0.0400. The van der Waals surface area contributed by atoms with Crippen LogP contribution >= 0.6 is 34.2 Å². The summed E-state index contributed by atoms with van der Waals surface area (Å²) in [5.41, 5.74) is -4.50. The van der Waals surface area contributed by atoms with Gasteiger partial charge < -0.3 is 9.47 Å². The van der Waals surface area contributed by atoms with Gasteiger partial charge in [-0.25, -0.2) is 4.74 Å². The monoisotopic (exact) mass is 362 g/mol. The molecule has 0 N–H and O–H groups in total. The Bertz CT molecular complexity index is 260. The zero-order chi connectivity index (χ0) is 11.7. The van der Waals surface area contributed by atoms with E-state index in [1.54, 1.807) is 0 Å². The zero-order valence-corrected chi connectivity index (χ0v) is 9.77. The molecule has 0 aromatic rings. The largest absolute Gasteiger partial charge is 0.449 e. The highest BCUT2D eigenvalue weighted by Gasteiger charge is 2.64. The maximum atomic E-state index is 13.2. The van der Waals surface area contributed by atoms with Gasteiger partial charge in [-0.2, -0.15) is 17.6 Å². The van der Waals surface area contributed by atoms with Gasteiger partial charge in [-0.05, 0) is 11.6 Å². The van der Waals surface area contributed by atoms with Crippen LogP contribution in [-0.2, 0) is 14.2 Å². The van der Waals surface area contributed by atoms with Crippen molar-refractivity contribution in [2.75, 3.05) is 4.43 Å². The molecule has 0 fully saturated rings. The van der Waals surface area contributed by atoms with Gasteiger partial charge >= 0.3 is 17.5 Å². The van der Waals surface area contributed by atoms with E-state index in [0.29, 0.717) is 0 Å². The van der Waals surface area contributed by atoms with E-state index in [9.17, 15) is 17.6 Å². The van der Waals surface area contributed by atoms with Gasteiger partial charge in [0, 0.05) is 0 Å². The van der Waals surface area contributed by atoms with Crippen LogP contribution in [0, 0.1) is 0 Å². The van der Waals surface area contributed by atoms with Crippen LogP contribution in [-0.4, -0.2) is 21.9 Å². The van der Waals surface area contributed by atoms with Crippen LogP contribution < -0.4 is 0 Å². The quantitative estimate of drug-likeness (QED) is 0.437. The zero-order valence-electron chi connectivity index (χ0n) is 6.85. The van der Waals surface area contributed by atoms with Crippen molar-refractivity contribution in [2.45, 2.75) is 17.5 Å². The topological polar surface area (TPSA) is 27.7 Å². The minimum atomic E-state index is -4.50. The molecule has 3 nitrogen and oxygen atoms in total. The molecule has 0 aliphatic carbocycles. The minimum absolute atomic E-state index is 0.433. The van der Waals surface area contributed by atoms with Gasteiger partial charge in [0.05, 0.1) is 4.43 Å². The summed E-state index contributed by atoms with van der Waals surface area (Å²) < 4.78 is 62.1. The van der Waals surface area contributed by atoms with Gasteiger partial charge in [0.25, 0.3) is 0 Å². The molecule has 0 bridgehead atoms. The lowest BCUT2D eigenvalue weighted by molar-refractivity contribution is -0.426. The third kappa shape index (κ3) is 2.78. The fourth-order valence-electron chi connectivity index (χ4n) is 0.804. The lowest BCUT2D eigenvalue weighted by Gasteiger charge is -2.33. The molecule has 88 valence electrons. The molecule has 0 spiro atoms. The minimum Gasteiger partial charge on any atom is -0.449 e. The molecule has 0 atom stereocenters. The first-order valence-corrected chi connectivity index (χ1v) is 5.34. The van der Waals surface area contributed by atoms with Crippen LogP contribution in [0.25, 0.3) is 0 Å². The number of ether oxygens (including phenoxy) is 3. The first kappa shape index (κ1) is 13.1. The Labute approximate surface area is 100 Å². The van der Waals surface area contributed by atoms with Gasteiger partial charge in [0.2, 0.25) is 0 Å². The van der Waals surface area contributed by atoms with Crippen LogP contribution in [0.2, 0.25) is 0 Å². The van der Waals surface area contributed by atoms with Crippen molar-refractivity contribution in [3.8, 4) is 0 Å². The number of rotatable bonds is 4. The molecule has 1 aliphatic rings. The van der Waals surface area contributed by atoms with E-state index in [-0.39, 0.29) is 0 Å². The summed E-state index contributed by atoms with van der Waals surface area (Å²) in [6, 6.07) is 0. The number of hydrogen-bond donors (Lipinski definition) is 0. The van der Waals surface area contributed by atoms with Gasteiger partial charge in [-0.3, -0.25) is 0 Å². The highest BCUT2D eigenvalue weighted by molar-refractivity contribution is 14.1. The molecule has 0 amide bonds. The maximum Gasteiger partial charge on any atom is 0.445 e. The third-order valence-corrected chi connectivity index (χ3v) is 2.52. The molecule has 15 heavy (non-hydrogen) atoms. The van der Waals surface area contributed by atoms with Crippen molar-refractivity contribution in [3.05, 3.63) is 12.5 Å². The molecule has 9 heteroatoms. The molecular weight excluding hydrogens is 358 g/mol. The van der Waals surface area contributed by atoms with E-state index in [2.05, 4.69) is 25.8 Å². The fraction of sp³-hybridized carbons (Fsp3) is 0.667. The van der Waals surface area contributed by atoms with Crippen molar-refractivity contribution < 1.29 is 31.8 Å². The molecule has 0 aromatic carbocycles. The third-order valence-electron chi connectivity index (χ3n) is 1.44. The van der Waals surface area contributed by atoms with E-state index in [1.165, 1.54) is 22.6 Å². The van der Waals surface area contributed by atoms with Gasteiger partial charge in [0.15, 0.2) is 0 Å². The van der Waals surface area contributed by atoms with Crippen molar-refractivity contribution in [3.63, 3.8) is 0 Å². The maximum absolute atomic E-state index is 13.2. The normalized spacial score (nSPS) is 19.9. The average Bonchev–Trinajstić information content (AvgIpc) is 2.48. The number of halogens is 6. The SMILES string of the molecule is FC(F)(Cl)OC(F)(F)C1(CI)OC=CO1. The highest BCUT2D eigenvalue weighted by atomic mass is 127. The fourth-order valence-corrected chi connectivity index (χ4v) is 1.70. The van der Waals surface area contributed by atoms with E-state index >= 15 is 0 Å². The summed E-state index contributed by atoms with van der Waals surface area (Å²) in [4.78, 5) is 0. The molecule has 0 aromatic heterocycles. The second kappa shape index (κ2) is 4.13.